The lowest BCUT2D eigenvalue weighted by Crippen LogP contribution is -2.35. The number of hydrogen-bond donors (Lipinski definition) is 1. The van der Waals surface area contributed by atoms with Crippen molar-refractivity contribution in [1.29, 1.82) is 0 Å². The molecule has 1 aromatic rings. The number of para-hydroxylation sites is 1. The maximum Gasteiger partial charge on any atom is 0.232 e. The lowest BCUT2D eigenvalue weighted by atomic mass is 10.3. The number of nitrogens with zero attached hydrogens (tertiary/aromatic N) is 1. The summed E-state index contributed by atoms with van der Waals surface area (Å²) in [6, 6.07) is 5.84. The largest absolute Gasteiger partial charge is 0.353 e. The first-order chi connectivity index (χ1) is 9.38. The van der Waals surface area contributed by atoms with Crippen molar-refractivity contribution in [3.8, 4) is 0 Å². The van der Waals surface area contributed by atoms with E-state index >= 15 is 0 Å². The summed E-state index contributed by atoms with van der Waals surface area (Å²) in [4.78, 5) is 11.6. The number of sulfonamides is 1. The van der Waals surface area contributed by atoms with Crippen LogP contribution in [0.25, 0.3) is 0 Å². The van der Waals surface area contributed by atoms with Gasteiger partial charge in [-0.2, -0.15) is 0 Å². The number of rotatable bonds is 6. The summed E-state index contributed by atoms with van der Waals surface area (Å²) in [5.41, 5.74) is -0.0331. The Labute approximate surface area is 117 Å². The van der Waals surface area contributed by atoms with Gasteiger partial charge in [0.25, 0.3) is 0 Å². The van der Waals surface area contributed by atoms with Crippen molar-refractivity contribution in [2.24, 2.45) is 0 Å². The van der Waals surface area contributed by atoms with Crippen LogP contribution in [0.15, 0.2) is 24.3 Å². The Bertz CT molecular complexity index is 599. The Morgan fingerprint density at radius 2 is 2.05 bits per heavy atom. The van der Waals surface area contributed by atoms with E-state index in [1.54, 1.807) is 6.07 Å². The average Bonchev–Trinajstić information content (AvgIpc) is 3.14. The molecule has 1 aliphatic carbocycles. The van der Waals surface area contributed by atoms with Gasteiger partial charge in [-0.1, -0.05) is 12.1 Å². The molecule has 1 saturated carbocycles. The topological polar surface area (TPSA) is 66.5 Å². The third kappa shape index (κ3) is 3.93. The number of benzene rings is 1. The fraction of sp³-hybridized carbons (Fsp3) is 0.462. The summed E-state index contributed by atoms with van der Waals surface area (Å²) >= 11 is 0. The summed E-state index contributed by atoms with van der Waals surface area (Å²) in [6.45, 7) is -0.0711. The van der Waals surface area contributed by atoms with E-state index in [4.69, 9.17) is 0 Å². The predicted molar refractivity (Wildman–Crippen MR) is 74.4 cm³/mol. The first kappa shape index (κ1) is 14.8. The smallest absolute Gasteiger partial charge is 0.232 e. The van der Waals surface area contributed by atoms with Gasteiger partial charge in [0.2, 0.25) is 15.9 Å². The lowest BCUT2D eigenvalue weighted by Gasteiger charge is -2.22. The van der Waals surface area contributed by atoms with Crippen molar-refractivity contribution < 1.29 is 17.6 Å². The van der Waals surface area contributed by atoms with Gasteiger partial charge in [0.05, 0.1) is 11.9 Å². The molecule has 7 heteroatoms. The first-order valence-electron chi connectivity index (χ1n) is 6.39. The second-order valence-electron chi connectivity index (χ2n) is 4.88. The molecule has 0 radical (unpaired) electrons. The molecular formula is C13H17FN2O3S. The summed E-state index contributed by atoms with van der Waals surface area (Å²) in [6.07, 6.45) is 2.94. The second kappa shape index (κ2) is 5.78. The maximum absolute atomic E-state index is 13.7. The van der Waals surface area contributed by atoms with Crippen LogP contribution in [-0.2, 0) is 14.8 Å². The van der Waals surface area contributed by atoms with Crippen LogP contribution in [0.1, 0.15) is 19.3 Å². The lowest BCUT2D eigenvalue weighted by molar-refractivity contribution is -0.121. The number of carbonyl (C=O) groups excluding carboxylic acids is 1. The van der Waals surface area contributed by atoms with Crippen molar-refractivity contribution in [1.82, 2.24) is 5.32 Å². The van der Waals surface area contributed by atoms with Crippen LogP contribution in [0.4, 0.5) is 10.1 Å². The minimum atomic E-state index is -3.64. The summed E-state index contributed by atoms with van der Waals surface area (Å²) < 4.78 is 38.2. The fourth-order valence-corrected chi connectivity index (χ4v) is 2.78. The molecule has 1 amide bonds. The molecular weight excluding hydrogens is 283 g/mol. The number of halogens is 1. The van der Waals surface area contributed by atoms with E-state index < -0.39 is 15.8 Å². The van der Waals surface area contributed by atoms with Gasteiger partial charge >= 0.3 is 0 Å². The van der Waals surface area contributed by atoms with Crippen LogP contribution < -0.4 is 9.62 Å². The molecule has 110 valence electrons. The molecule has 0 spiro atoms. The highest BCUT2D eigenvalue weighted by Crippen LogP contribution is 2.22. The first-order valence-corrected chi connectivity index (χ1v) is 8.24. The van der Waals surface area contributed by atoms with Gasteiger partial charge in [0.1, 0.15) is 5.82 Å². The second-order valence-corrected chi connectivity index (χ2v) is 6.79. The van der Waals surface area contributed by atoms with Crippen LogP contribution in [0.3, 0.4) is 0 Å². The van der Waals surface area contributed by atoms with E-state index in [2.05, 4.69) is 5.32 Å². The number of amides is 1. The molecule has 0 atom stereocenters. The Hall–Kier alpha value is -1.63. The van der Waals surface area contributed by atoms with Crippen molar-refractivity contribution in [3.05, 3.63) is 30.1 Å². The number of anilines is 1. The van der Waals surface area contributed by atoms with E-state index in [0.717, 1.165) is 23.4 Å². The molecule has 20 heavy (non-hydrogen) atoms. The molecule has 2 rings (SSSR count). The van der Waals surface area contributed by atoms with E-state index in [9.17, 15) is 17.6 Å². The van der Waals surface area contributed by atoms with E-state index in [1.807, 2.05) is 0 Å². The molecule has 1 N–H and O–H groups in total. The molecule has 1 fully saturated rings. The molecule has 1 aromatic carbocycles. The van der Waals surface area contributed by atoms with Gasteiger partial charge in [0.15, 0.2) is 0 Å². The minimum absolute atomic E-state index is 0.0118. The molecule has 0 saturated heterocycles. The van der Waals surface area contributed by atoms with Crippen LogP contribution >= 0.6 is 0 Å². The number of nitrogens with one attached hydrogen (secondary N) is 1. The molecule has 0 bridgehead atoms. The van der Waals surface area contributed by atoms with Gasteiger partial charge < -0.3 is 5.32 Å². The number of carbonyl (C=O) groups is 1. The SMILES string of the molecule is CS(=O)(=O)N(CCC(=O)NC1CC1)c1ccccc1F. The van der Waals surface area contributed by atoms with Gasteiger partial charge in [-0.15, -0.1) is 0 Å². The predicted octanol–water partition coefficient (Wildman–Crippen LogP) is 1.26. The van der Waals surface area contributed by atoms with Crippen LogP contribution in [0, 0.1) is 5.82 Å². The Balaban J connectivity index is 2.08. The molecule has 5 nitrogen and oxygen atoms in total. The van der Waals surface area contributed by atoms with Gasteiger partial charge in [-0.3, -0.25) is 9.10 Å². The van der Waals surface area contributed by atoms with Crippen molar-refractivity contribution in [3.63, 3.8) is 0 Å². The molecule has 0 unspecified atom stereocenters. The van der Waals surface area contributed by atoms with Gasteiger partial charge in [-0.25, -0.2) is 12.8 Å². The average molecular weight is 300 g/mol. The van der Waals surface area contributed by atoms with Crippen molar-refractivity contribution in [2.45, 2.75) is 25.3 Å². The minimum Gasteiger partial charge on any atom is -0.353 e. The van der Waals surface area contributed by atoms with Gasteiger partial charge in [-0.05, 0) is 25.0 Å². The number of hydrogen-bond acceptors (Lipinski definition) is 3. The molecule has 0 heterocycles. The Kier molecular flexibility index (Phi) is 4.27. The van der Waals surface area contributed by atoms with E-state index in [0.29, 0.717) is 0 Å². The Morgan fingerprint density at radius 1 is 1.40 bits per heavy atom. The zero-order valence-corrected chi connectivity index (χ0v) is 12.0. The van der Waals surface area contributed by atoms with Gasteiger partial charge in [0, 0.05) is 19.0 Å². The van der Waals surface area contributed by atoms with Crippen LogP contribution in [0.5, 0.6) is 0 Å². The third-order valence-corrected chi connectivity index (χ3v) is 4.19. The highest BCUT2D eigenvalue weighted by Gasteiger charge is 2.25. The summed E-state index contributed by atoms with van der Waals surface area (Å²) in [5, 5.41) is 2.77. The monoisotopic (exact) mass is 300 g/mol. The van der Waals surface area contributed by atoms with Crippen molar-refractivity contribution >= 4 is 21.6 Å². The molecule has 0 aromatic heterocycles. The fourth-order valence-electron chi connectivity index (χ4n) is 1.85. The quantitative estimate of drug-likeness (QED) is 0.860. The highest BCUT2D eigenvalue weighted by atomic mass is 32.2. The summed E-state index contributed by atoms with van der Waals surface area (Å²) in [5.74, 6) is -0.835. The zero-order chi connectivity index (χ0) is 14.8. The highest BCUT2D eigenvalue weighted by molar-refractivity contribution is 7.92. The Morgan fingerprint density at radius 3 is 2.60 bits per heavy atom. The van der Waals surface area contributed by atoms with Crippen molar-refractivity contribution in [2.75, 3.05) is 17.1 Å². The van der Waals surface area contributed by atoms with E-state index in [-0.39, 0.29) is 30.6 Å². The van der Waals surface area contributed by atoms with E-state index in [1.165, 1.54) is 18.2 Å². The normalized spacial score (nSPS) is 14.9. The zero-order valence-electron chi connectivity index (χ0n) is 11.2. The molecule has 0 aliphatic heterocycles. The molecule has 1 aliphatic rings. The van der Waals surface area contributed by atoms with Crippen LogP contribution in [0.2, 0.25) is 0 Å². The standard InChI is InChI=1S/C13H17FN2O3S/c1-20(18,19)16(12-5-3-2-4-11(12)14)9-8-13(17)15-10-6-7-10/h2-5,10H,6-9H2,1H3,(H,15,17). The summed E-state index contributed by atoms with van der Waals surface area (Å²) in [7, 11) is -3.64. The maximum atomic E-state index is 13.7. The third-order valence-electron chi connectivity index (χ3n) is 3.01. The van der Waals surface area contributed by atoms with Crippen LogP contribution in [-0.4, -0.2) is 33.2 Å².